The standard InChI is InChI=1S/C9H11FN4/c10-8-5-12-4-3-7(8)9(14-11)13-6-1-2-6/h3-6H,1-2,11H2,(H,13,14). The summed E-state index contributed by atoms with van der Waals surface area (Å²) in [4.78, 5) is 7.91. The molecule has 1 aliphatic rings. The van der Waals surface area contributed by atoms with Crippen LogP contribution in [0.5, 0.6) is 0 Å². The highest BCUT2D eigenvalue weighted by atomic mass is 19.1. The zero-order valence-electron chi connectivity index (χ0n) is 7.57. The molecule has 1 aliphatic carbocycles. The van der Waals surface area contributed by atoms with Crippen LogP contribution >= 0.6 is 0 Å². The van der Waals surface area contributed by atoms with E-state index in [0.717, 1.165) is 19.0 Å². The van der Waals surface area contributed by atoms with E-state index in [2.05, 4.69) is 15.4 Å². The topological polar surface area (TPSA) is 63.3 Å². The molecule has 0 amide bonds. The molecule has 0 bridgehead atoms. The summed E-state index contributed by atoms with van der Waals surface area (Å²) in [6.45, 7) is 0. The molecule has 14 heavy (non-hydrogen) atoms. The predicted molar refractivity (Wildman–Crippen MR) is 51.1 cm³/mol. The van der Waals surface area contributed by atoms with Crippen molar-refractivity contribution >= 4 is 5.84 Å². The first-order valence-corrected chi connectivity index (χ1v) is 4.45. The van der Waals surface area contributed by atoms with E-state index in [9.17, 15) is 4.39 Å². The Morgan fingerprint density at radius 3 is 3.00 bits per heavy atom. The van der Waals surface area contributed by atoms with Crippen LogP contribution < -0.4 is 11.3 Å². The van der Waals surface area contributed by atoms with Crippen LogP contribution in [0.25, 0.3) is 0 Å². The summed E-state index contributed by atoms with van der Waals surface area (Å²) in [7, 11) is 0. The van der Waals surface area contributed by atoms with Crippen molar-refractivity contribution in [1.82, 2.24) is 10.4 Å². The monoisotopic (exact) mass is 194 g/mol. The fourth-order valence-electron chi connectivity index (χ4n) is 1.14. The molecular weight excluding hydrogens is 183 g/mol. The molecule has 0 saturated heterocycles. The Morgan fingerprint density at radius 1 is 1.64 bits per heavy atom. The van der Waals surface area contributed by atoms with E-state index >= 15 is 0 Å². The van der Waals surface area contributed by atoms with Crippen LogP contribution in [0.15, 0.2) is 23.5 Å². The van der Waals surface area contributed by atoms with Crippen molar-refractivity contribution in [3.05, 3.63) is 29.8 Å². The Hall–Kier alpha value is -1.49. The number of rotatable bonds is 2. The van der Waals surface area contributed by atoms with Gasteiger partial charge in [0.15, 0.2) is 5.82 Å². The average molecular weight is 194 g/mol. The molecule has 1 heterocycles. The Labute approximate surface area is 81.0 Å². The highest BCUT2D eigenvalue weighted by molar-refractivity contribution is 5.98. The number of hydrogen-bond acceptors (Lipinski definition) is 3. The summed E-state index contributed by atoms with van der Waals surface area (Å²) in [6.07, 6.45) is 4.77. The fraction of sp³-hybridized carbons (Fsp3) is 0.333. The number of pyridine rings is 1. The zero-order chi connectivity index (χ0) is 9.97. The number of aliphatic imine (C=N–C) groups is 1. The van der Waals surface area contributed by atoms with E-state index in [-0.39, 0.29) is 0 Å². The Kier molecular flexibility index (Phi) is 2.41. The van der Waals surface area contributed by atoms with E-state index in [1.165, 1.54) is 6.20 Å². The maximum Gasteiger partial charge on any atom is 0.152 e. The highest BCUT2D eigenvalue weighted by Crippen LogP contribution is 2.24. The molecule has 4 nitrogen and oxygen atoms in total. The van der Waals surface area contributed by atoms with Crippen molar-refractivity contribution in [3.8, 4) is 0 Å². The Balaban J connectivity index is 2.30. The molecule has 1 aromatic heterocycles. The van der Waals surface area contributed by atoms with Gasteiger partial charge in [0.05, 0.1) is 17.8 Å². The van der Waals surface area contributed by atoms with Gasteiger partial charge in [0, 0.05) is 6.20 Å². The normalized spacial score (nSPS) is 16.9. The number of nitrogens with one attached hydrogen (secondary N) is 1. The van der Waals surface area contributed by atoms with Crippen molar-refractivity contribution < 1.29 is 4.39 Å². The number of halogens is 1. The third kappa shape index (κ3) is 1.88. The van der Waals surface area contributed by atoms with E-state index in [4.69, 9.17) is 5.84 Å². The zero-order valence-corrected chi connectivity index (χ0v) is 7.57. The van der Waals surface area contributed by atoms with Crippen LogP contribution in [0.4, 0.5) is 4.39 Å². The lowest BCUT2D eigenvalue weighted by molar-refractivity contribution is 0.617. The number of hydrogen-bond donors (Lipinski definition) is 2. The van der Waals surface area contributed by atoms with Crippen LogP contribution in [0.2, 0.25) is 0 Å². The van der Waals surface area contributed by atoms with Crippen LogP contribution in [-0.4, -0.2) is 16.9 Å². The number of amidine groups is 1. The molecule has 74 valence electrons. The van der Waals surface area contributed by atoms with Crippen LogP contribution in [0, 0.1) is 5.82 Å². The maximum absolute atomic E-state index is 13.3. The van der Waals surface area contributed by atoms with Crippen molar-refractivity contribution in [2.45, 2.75) is 18.9 Å². The minimum atomic E-state index is -0.412. The molecule has 0 aliphatic heterocycles. The maximum atomic E-state index is 13.3. The lowest BCUT2D eigenvalue weighted by Crippen LogP contribution is -2.32. The van der Waals surface area contributed by atoms with Gasteiger partial charge in [-0.05, 0) is 18.9 Å². The van der Waals surface area contributed by atoms with Crippen molar-refractivity contribution in [2.24, 2.45) is 10.8 Å². The van der Waals surface area contributed by atoms with E-state index < -0.39 is 5.82 Å². The molecule has 0 spiro atoms. The molecule has 1 fully saturated rings. The summed E-state index contributed by atoms with van der Waals surface area (Å²) in [5.41, 5.74) is 2.78. The van der Waals surface area contributed by atoms with Gasteiger partial charge in [0.2, 0.25) is 0 Å². The summed E-state index contributed by atoms with van der Waals surface area (Å²) >= 11 is 0. The van der Waals surface area contributed by atoms with Crippen molar-refractivity contribution in [1.29, 1.82) is 0 Å². The van der Waals surface area contributed by atoms with Gasteiger partial charge in [-0.1, -0.05) is 0 Å². The second-order valence-electron chi connectivity index (χ2n) is 3.21. The number of nitrogens with two attached hydrogens (primary N) is 1. The molecule has 2 rings (SSSR count). The van der Waals surface area contributed by atoms with Gasteiger partial charge in [-0.2, -0.15) is 0 Å². The lowest BCUT2D eigenvalue weighted by Gasteiger charge is -2.05. The van der Waals surface area contributed by atoms with E-state index in [1.54, 1.807) is 6.07 Å². The average Bonchev–Trinajstić information content (AvgIpc) is 2.99. The minimum Gasteiger partial charge on any atom is -0.308 e. The summed E-state index contributed by atoms with van der Waals surface area (Å²) in [5.74, 6) is 5.27. The largest absolute Gasteiger partial charge is 0.308 e. The van der Waals surface area contributed by atoms with E-state index in [0.29, 0.717) is 17.4 Å². The molecule has 0 unspecified atom stereocenters. The molecule has 1 saturated carbocycles. The van der Waals surface area contributed by atoms with E-state index in [1.807, 2.05) is 0 Å². The molecule has 0 atom stereocenters. The highest BCUT2D eigenvalue weighted by Gasteiger charge is 2.22. The molecule has 3 N–H and O–H groups in total. The first kappa shape index (κ1) is 9.08. The molecule has 5 heteroatoms. The SMILES string of the molecule is NNC(=NC1CC1)c1ccncc1F. The van der Waals surface area contributed by atoms with Crippen molar-refractivity contribution in [2.75, 3.05) is 0 Å². The Bertz CT molecular complexity index is 360. The number of hydrazine groups is 1. The van der Waals surface area contributed by atoms with Crippen LogP contribution in [0.1, 0.15) is 18.4 Å². The smallest absolute Gasteiger partial charge is 0.152 e. The van der Waals surface area contributed by atoms with Gasteiger partial charge in [0.1, 0.15) is 5.84 Å². The third-order valence-electron chi connectivity index (χ3n) is 2.02. The van der Waals surface area contributed by atoms with Gasteiger partial charge >= 0.3 is 0 Å². The molecular formula is C9H11FN4. The quantitative estimate of drug-likeness (QED) is 0.313. The molecule has 1 aromatic rings. The Morgan fingerprint density at radius 2 is 2.43 bits per heavy atom. The van der Waals surface area contributed by atoms with Crippen LogP contribution in [0.3, 0.4) is 0 Å². The second kappa shape index (κ2) is 3.71. The lowest BCUT2D eigenvalue weighted by atomic mass is 10.2. The first-order valence-electron chi connectivity index (χ1n) is 4.45. The molecule has 0 aromatic carbocycles. The number of aromatic nitrogens is 1. The van der Waals surface area contributed by atoms with Crippen molar-refractivity contribution in [3.63, 3.8) is 0 Å². The fourth-order valence-corrected chi connectivity index (χ4v) is 1.14. The van der Waals surface area contributed by atoms with Crippen LogP contribution in [-0.2, 0) is 0 Å². The third-order valence-corrected chi connectivity index (χ3v) is 2.02. The summed E-state index contributed by atoms with van der Waals surface area (Å²) in [6, 6.07) is 1.85. The van der Waals surface area contributed by atoms with Gasteiger partial charge < -0.3 is 5.43 Å². The van der Waals surface area contributed by atoms with Gasteiger partial charge in [-0.15, -0.1) is 0 Å². The predicted octanol–water partition coefficient (Wildman–Crippen LogP) is 0.593. The molecule has 0 radical (unpaired) electrons. The summed E-state index contributed by atoms with van der Waals surface area (Å²) in [5, 5.41) is 0. The summed E-state index contributed by atoms with van der Waals surface area (Å²) < 4.78 is 13.3. The van der Waals surface area contributed by atoms with Gasteiger partial charge in [-0.3, -0.25) is 9.98 Å². The minimum absolute atomic E-state index is 0.300. The first-order chi connectivity index (χ1) is 6.81. The van der Waals surface area contributed by atoms with Gasteiger partial charge in [-0.25, -0.2) is 10.2 Å². The van der Waals surface area contributed by atoms with Gasteiger partial charge in [0.25, 0.3) is 0 Å². The second-order valence-corrected chi connectivity index (χ2v) is 3.21. The number of nitrogens with zero attached hydrogens (tertiary/aromatic N) is 2.